The van der Waals surface area contributed by atoms with Crippen LogP contribution in [0.4, 0.5) is 5.88 Å². The number of hydrogen-bond donors (Lipinski definition) is 2. The third-order valence-electron chi connectivity index (χ3n) is 1.95. The van der Waals surface area contributed by atoms with Gasteiger partial charge in [0, 0.05) is 12.6 Å². The van der Waals surface area contributed by atoms with E-state index in [4.69, 9.17) is 10.2 Å². The zero-order valence-electron chi connectivity index (χ0n) is 8.09. The highest BCUT2D eigenvalue weighted by Gasteiger charge is 2.17. The van der Waals surface area contributed by atoms with Crippen molar-refractivity contribution in [3.05, 3.63) is 16.9 Å². The second-order valence-electron chi connectivity index (χ2n) is 2.89. The number of amides is 1. The monoisotopic (exact) mass is 196 g/mol. The summed E-state index contributed by atoms with van der Waals surface area (Å²) in [6, 6.07) is 0. The number of nitrogens with one attached hydrogen (secondary N) is 1. The summed E-state index contributed by atoms with van der Waals surface area (Å²) in [6.45, 7) is 1.69. The van der Waals surface area contributed by atoms with Crippen LogP contribution < -0.4 is 11.1 Å². The Kier molecular flexibility index (Phi) is 2.91. The lowest BCUT2D eigenvalue weighted by atomic mass is 10.1. The third-order valence-corrected chi connectivity index (χ3v) is 1.95. The van der Waals surface area contributed by atoms with Crippen molar-refractivity contribution >= 4 is 18.1 Å². The molecule has 0 saturated heterocycles. The van der Waals surface area contributed by atoms with Crippen LogP contribution in [0.1, 0.15) is 21.7 Å². The van der Waals surface area contributed by atoms with E-state index in [1.54, 1.807) is 14.0 Å². The molecule has 76 valence electrons. The van der Waals surface area contributed by atoms with E-state index >= 15 is 0 Å². The Morgan fingerprint density at radius 3 is 2.71 bits per heavy atom. The van der Waals surface area contributed by atoms with Crippen LogP contribution in [-0.4, -0.2) is 19.2 Å². The molecule has 3 N–H and O–H groups in total. The topological polar surface area (TPSA) is 85.3 Å². The Labute approximate surface area is 81.3 Å². The zero-order valence-corrected chi connectivity index (χ0v) is 8.09. The first-order valence-corrected chi connectivity index (χ1v) is 4.13. The normalized spacial score (nSPS) is 9.86. The van der Waals surface area contributed by atoms with Crippen LogP contribution in [0.3, 0.4) is 0 Å². The molecule has 0 aromatic carbocycles. The summed E-state index contributed by atoms with van der Waals surface area (Å²) >= 11 is 0. The van der Waals surface area contributed by atoms with Crippen LogP contribution in [0.15, 0.2) is 4.42 Å². The number of aldehydes is 1. The molecule has 0 unspecified atom stereocenters. The van der Waals surface area contributed by atoms with Crippen LogP contribution in [0, 0.1) is 6.92 Å². The fraction of sp³-hybridized carbons (Fsp3) is 0.333. The highest BCUT2D eigenvalue weighted by atomic mass is 16.4. The van der Waals surface area contributed by atoms with Crippen LogP contribution in [0.25, 0.3) is 0 Å². The van der Waals surface area contributed by atoms with Gasteiger partial charge in [0.05, 0.1) is 12.0 Å². The number of carbonyl (C=O) groups excluding carboxylic acids is 2. The van der Waals surface area contributed by atoms with Crippen LogP contribution in [0.2, 0.25) is 0 Å². The third kappa shape index (κ3) is 1.76. The van der Waals surface area contributed by atoms with Crippen LogP contribution >= 0.6 is 0 Å². The summed E-state index contributed by atoms with van der Waals surface area (Å²) in [5.41, 5.74) is 5.97. The van der Waals surface area contributed by atoms with Gasteiger partial charge in [-0.1, -0.05) is 0 Å². The van der Waals surface area contributed by atoms with Gasteiger partial charge in [0.25, 0.3) is 0 Å². The maximum atomic E-state index is 10.7. The Bertz CT molecular complexity index is 368. The molecule has 1 aromatic heterocycles. The van der Waals surface area contributed by atoms with E-state index < -0.39 is 5.91 Å². The van der Waals surface area contributed by atoms with Crippen molar-refractivity contribution in [3.8, 4) is 0 Å². The standard InChI is InChI=1S/C9H12N2O3/c1-5-6(3-8(10)13)7(4-12)9(11-2)14-5/h4,11H,3H2,1-2H3,(H2,10,13). The molecule has 0 aliphatic heterocycles. The smallest absolute Gasteiger partial charge is 0.221 e. The van der Waals surface area contributed by atoms with E-state index in [0.29, 0.717) is 29.1 Å². The van der Waals surface area contributed by atoms with Gasteiger partial charge in [-0.25, -0.2) is 0 Å². The number of anilines is 1. The van der Waals surface area contributed by atoms with Crippen LogP contribution in [0.5, 0.6) is 0 Å². The lowest BCUT2D eigenvalue weighted by Gasteiger charge is -1.95. The maximum absolute atomic E-state index is 10.7. The molecular weight excluding hydrogens is 184 g/mol. The predicted octanol–water partition coefficient (Wildman–Crippen LogP) is 0.470. The summed E-state index contributed by atoms with van der Waals surface area (Å²) in [4.78, 5) is 21.5. The molecule has 1 aromatic rings. The number of nitrogens with two attached hydrogens (primary N) is 1. The van der Waals surface area contributed by atoms with Gasteiger partial charge in [-0.2, -0.15) is 0 Å². The summed E-state index contributed by atoms with van der Waals surface area (Å²) in [7, 11) is 1.64. The molecule has 1 heterocycles. The quantitative estimate of drug-likeness (QED) is 0.685. The van der Waals surface area contributed by atoms with Gasteiger partial charge in [0.15, 0.2) is 6.29 Å². The van der Waals surface area contributed by atoms with E-state index in [1.165, 1.54) is 0 Å². The second-order valence-corrected chi connectivity index (χ2v) is 2.89. The Morgan fingerprint density at radius 2 is 2.29 bits per heavy atom. The van der Waals surface area contributed by atoms with E-state index in [0.717, 1.165) is 0 Å². The molecule has 0 spiro atoms. The van der Waals surface area contributed by atoms with Gasteiger partial charge in [-0.3, -0.25) is 9.59 Å². The molecule has 0 aliphatic carbocycles. The first-order valence-electron chi connectivity index (χ1n) is 4.13. The van der Waals surface area contributed by atoms with Crippen LogP contribution in [-0.2, 0) is 11.2 Å². The fourth-order valence-corrected chi connectivity index (χ4v) is 1.30. The minimum atomic E-state index is -0.486. The zero-order chi connectivity index (χ0) is 10.7. The van der Waals surface area contributed by atoms with Gasteiger partial charge in [-0.05, 0) is 6.92 Å². The van der Waals surface area contributed by atoms with E-state index in [1.807, 2.05) is 0 Å². The average molecular weight is 196 g/mol. The van der Waals surface area contributed by atoms with Crippen molar-refractivity contribution in [1.29, 1.82) is 0 Å². The second kappa shape index (κ2) is 3.95. The van der Waals surface area contributed by atoms with Gasteiger partial charge < -0.3 is 15.5 Å². The molecule has 0 aliphatic rings. The van der Waals surface area contributed by atoms with Crippen molar-refractivity contribution in [2.75, 3.05) is 12.4 Å². The fourth-order valence-electron chi connectivity index (χ4n) is 1.30. The van der Waals surface area contributed by atoms with Gasteiger partial charge >= 0.3 is 0 Å². The summed E-state index contributed by atoms with van der Waals surface area (Å²) in [5, 5.41) is 2.73. The van der Waals surface area contributed by atoms with E-state index in [-0.39, 0.29) is 6.42 Å². The van der Waals surface area contributed by atoms with Crippen molar-refractivity contribution in [2.24, 2.45) is 5.73 Å². The molecule has 1 rings (SSSR count). The molecule has 1 amide bonds. The average Bonchev–Trinajstić information content (AvgIpc) is 2.42. The van der Waals surface area contributed by atoms with Crippen molar-refractivity contribution in [3.63, 3.8) is 0 Å². The molecule has 0 saturated carbocycles. The number of furan rings is 1. The van der Waals surface area contributed by atoms with Crippen molar-refractivity contribution < 1.29 is 14.0 Å². The molecule has 0 fully saturated rings. The summed E-state index contributed by atoms with van der Waals surface area (Å²) in [5.74, 6) is 0.420. The minimum Gasteiger partial charge on any atom is -0.445 e. The van der Waals surface area contributed by atoms with E-state index in [9.17, 15) is 9.59 Å². The molecule has 0 bridgehead atoms. The summed E-state index contributed by atoms with van der Waals surface area (Å²) < 4.78 is 5.24. The first-order chi connectivity index (χ1) is 6.60. The minimum absolute atomic E-state index is 0.0189. The van der Waals surface area contributed by atoms with Gasteiger partial charge in [-0.15, -0.1) is 0 Å². The molecular formula is C9H12N2O3. The lowest BCUT2D eigenvalue weighted by Crippen LogP contribution is -2.14. The highest BCUT2D eigenvalue weighted by Crippen LogP contribution is 2.25. The Hall–Kier alpha value is -1.78. The SMILES string of the molecule is CNc1oc(C)c(CC(N)=O)c1C=O. The molecule has 5 nitrogen and oxygen atoms in total. The Balaban J connectivity index is 3.18. The predicted molar refractivity (Wildman–Crippen MR) is 51.3 cm³/mol. The van der Waals surface area contributed by atoms with E-state index in [2.05, 4.69) is 5.32 Å². The van der Waals surface area contributed by atoms with Gasteiger partial charge in [0.2, 0.25) is 11.8 Å². The molecule has 0 radical (unpaired) electrons. The molecule has 0 atom stereocenters. The molecule has 5 heteroatoms. The molecule has 14 heavy (non-hydrogen) atoms. The number of hydrogen-bond acceptors (Lipinski definition) is 4. The Morgan fingerprint density at radius 1 is 1.64 bits per heavy atom. The highest BCUT2D eigenvalue weighted by molar-refractivity contribution is 5.88. The number of primary amides is 1. The lowest BCUT2D eigenvalue weighted by molar-refractivity contribution is -0.117. The number of carbonyl (C=O) groups is 2. The van der Waals surface area contributed by atoms with Crippen molar-refractivity contribution in [2.45, 2.75) is 13.3 Å². The maximum Gasteiger partial charge on any atom is 0.221 e. The van der Waals surface area contributed by atoms with Gasteiger partial charge in [0.1, 0.15) is 5.76 Å². The van der Waals surface area contributed by atoms with Crippen molar-refractivity contribution in [1.82, 2.24) is 0 Å². The summed E-state index contributed by atoms with van der Waals surface area (Å²) in [6.07, 6.45) is 0.672. The first kappa shape index (κ1) is 10.3. The number of aryl methyl sites for hydroxylation is 1. The largest absolute Gasteiger partial charge is 0.445 e. The number of rotatable bonds is 4.